The molecule has 9 nitrogen and oxygen atoms in total. The smallest absolute Gasteiger partial charge is 0.301 e. The van der Waals surface area contributed by atoms with E-state index >= 15 is 0 Å². The van der Waals surface area contributed by atoms with Gasteiger partial charge in [-0.1, -0.05) is 101 Å². The number of ether oxygens (including phenoxy) is 1. The Morgan fingerprint density at radius 3 is 2.56 bits per heavy atom. The molecule has 0 radical (unpaired) electrons. The average molecular weight is 694 g/mol. The van der Waals surface area contributed by atoms with Crippen LogP contribution >= 0.6 is 34.7 Å². The number of ketones is 1. The molecule has 12 heteroatoms. The lowest BCUT2D eigenvalue weighted by molar-refractivity contribution is -0.132. The van der Waals surface area contributed by atoms with Crippen LogP contribution in [0.25, 0.3) is 11.4 Å². The summed E-state index contributed by atoms with van der Waals surface area (Å²) >= 11 is 8.96. The maximum absolute atomic E-state index is 13.9. The summed E-state index contributed by atoms with van der Waals surface area (Å²) in [6.07, 6.45) is 1.84. The predicted octanol–water partition coefficient (Wildman–Crippen LogP) is 7.95. The number of imidazole rings is 1. The van der Waals surface area contributed by atoms with Gasteiger partial charge in [-0.3, -0.25) is 14.5 Å². The van der Waals surface area contributed by atoms with Crippen molar-refractivity contribution in [3.63, 3.8) is 0 Å². The van der Waals surface area contributed by atoms with E-state index in [4.69, 9.17) is 21.3 Å². The molecule has 0 spiro atoms. The van der Waals surface area contributed by atoms with Crippen LogP contribution in [0.3, 0.4) is 0 Å². The number of halogens is 1. The third-order valence-corrected chi connectivity index (χ3v) is 10.6. The number of hydrogen-bond donors (Lipinski definition) is 1. The third kappa shape index (κ3) is 5.96. The van der Waals surface area contributed by atoms with Gasteiger partial charge in [-0.15, -0.1) is 10.2 Å². The number of Topliss-reactive ketones (excluding diaryl/α,β-unsaturated/α-hetero) is 1. The van der Waals surface area contributed by atoms with E-state index in [0.29, 0.717) is 44.4 Å². The number of rotatable bonds is 9. The van der Waals surface area contributed by atoms with Crippen molar-refractivity contribution in [1.29, 1.82) is 0 Å². The van der Waals surface area contributed by atoms with Crippen molar-refractivity contribution >= 4 is 62.9 Å². The highest BCUT2D eigenvalue weighted by atomic mass is 35.5. The lowest BCUT2D eigenvalue weighted by Crippen LogP contribution is -2.29. The monoisotopic (exact) mass is 693 g/mol. The molecule has 0 aliphatic carbocycles. The lowest BCUT2D eigenvalue weighted by Gasteiger charge is -2.23. The number of benzene rings is 3. The minimum atomic E-state index is -1.02. The summed E-state index contributed by atoms with van der Waals surface area (Å²) in [6, 6.07) is 27.2. The molecule has 0 bridgehead atoms. The first kappa shape index (κ1) is 31.6. The first-order valence-electron chi connectivity index (χ1n) is 15.0. The van der Waals surface area contributed by atoms with Gasteiger partial charge in [-0.05, 0) is 60.4 Å². The van der Waals surface area contributed by atoms with Crippen molar-refractivity contribution in [1.82, 2.24) is 19.6 Å². The Morgan fingerprint density at radius 2 is 1.77 bits per heavy atom. The molecular weight excluding hydrogens is 666 g/mol. The minimum Gasteiger partial charge on any atom is -0.505 e. The molecule has 1 aliphatic rings. The van der Waals surface area contributed by atoms with Crippen molar-refractivity contribution in [2.75, 3.05) is 4.90 Å². The SMILES string of the molecule is Cc1cccn2c(C)c(C(O)=C3C(=O)C(=O)N(c4nnc(SCc5ccccc5Cl)s4)C3c3cccc(OCc4ccccc4)c3)nc12. The molecule has 0 saturated carbocycles. The molecule has 1 N–H and O–H groups in total. The second-order valence-electron chi connectivity index (χ2n) is 11.2. The molecule has 1 amide bonds. The van der Waals surface area contributed by atoms with Crippen LogP contribution in [-0.2, 0) is 21.9 Å². The van der Waals surface area contributed by atoms with Gasteiger partial charge in [0.2, 0.25) is 5.13 Å². The topological polar surface area (TPSA) is 110 Å². The van der Waals surface area contributed by atoms with Crippen molar-refractivity contribution in [2.45, 2.75) is 36.6 Å². The lowest BCUT2D eigenvalue weighted by atomic mass is 9.96. The molecule has 3 aromatic heterocycles. The standard InChI is InChI=1S/C36H28ClN5O4S2/c1-21-10-9-17-41-22(2)29(38-33(21)41)31(43)28-30(24-14-8-15-26(18-24)46-19-23-11-4-3-5-12-23)42(34(45)32(28)44)35-39-40-36(48-35)47-20-25-13-6-7-16-27(25)37/h3-18,30,43H,19-20H2,1-2H3. The third-order valence-electron chi connectivity index (χ3n) is 8.09. The fourth-order valence-corrected chi connectivity index (χ4v) is 7.80. The van der Waals surface area contributed by atoms with Gasteiger partial charge < -0.3 is 14.2 Å². The number of pyridine rings is 1. The predicted molar refractivity (Wildman–Crippen MR) is 188 cm³/mol. The maximum atomic E-state index is 13.9. The number of hydrogen-bond acceptors (Lipinski definition) is 9. The summed E-state index contributed by atoms with van der Waals surface area (Å²) in [7, 11) is 0. The second-order valence-corrected chi connectivity index (χ2v) is 13.8. The highest BCUT2D eigenvalue weighted by molar-refractivity contribution is 8.00. The summed E-state index contributed by atoms with van der Waals surface area (Å²) in [5.41, 5.74) is 4.78. The van der Waals surface area contributed by atoms with E-state index in [1.54, 1.807) is 18.2 Å². The Kier molecular flexibility index (Phi) is 8.74. The Bertz CT molecular complexity index is 2210. The molecule has 6 aromatic rings. The number of carbonyl (C=O) groups is 2. The average Bonchev–Trinajstić information content (AvgIpc) is 3.78. The molecule has 1 unspecified atom stereocenters. The molecule has 3 aromatic carbocycles. The minimum absolute atomic E-state index is 0.0927. The maximum Gasteiger partial charge on any atom is 0.301 e. The number of thioether (sulfide) groups is 1. The number of aliphatic hydroxyl groups excluding tert-OH is 1. The summed E-state index contributed by atoms with van der Waals surface area (Å²) in [4.78, 5) is 33.8. The second kappa shape index (κ2) is 13.3. The van der Waals surface area contributed by atoms with Gasteiger partial charge in [-0.2, -0.15) is 0 Å². The number of fused-ring (bicyclic) bond motifs is 1. The highest BCUT2D eigenvalue weighted by Gasteiger charge is 2.49. The van der Waals surface area contributed by atoms with Crippen LogP contribution in [0.5, 0.6) is 5.75 Å². The van der Waals surface area contributed by atoms with Crippen LogP contribution in [0.4, 0.5) is 5.13 Å². The molecular formula is C36H28ClN5O4S2. The van der Waals surface area contributed by atoms with E-state index in [0.717, 1.165) is 16.7 Å². The molecule has 48 heavy (non-hydrogen) atoms. The largest absolute Gasteiger partial charge is 0.505 e. The van der Waals surface area contributed by atoms with Crippen molar-refractivity contribution in [2.24, 2.45) is 0 Å². The van der Waals surface area contributed by atoms with Crippen LogP contribution in [-0.4, -0.2) is 36.4 Å². The van der Waals surface area contributed by atoms with Crippen molar-refractivity contribution in [3.05, 3.63) is 141 Å². The molecule has 1 saturated heterocycles. The molecule has 1 atom stereocenters. The summed E-state index contributed by atoms with van der Waals surface area (Å²) in [5.74, 6) is -0.955. The van der Waals surface area contributed by atoms with E-state index in [9.17, 15) is 14.7 Å². The van der Waals surface area contributed by atoms with Crippen molar-refractivity contribution < 1.29 is 19.4 Å². The van der Waals surface area contributed by atoms with Crippen LogP contribution in [0.15, 0.2) is 107 Å². The fraction of sp³-hybridized carbons (Fsp3) is 0.139. The van der Waals surface area contributed by atoms with E-state index in [1.807, 2.05) is 97.2 Å². The van der Waals surface area contributed by atoms with Gasteiger partial charge in [-0.25, -0.2) is 4.98 Å². The number of aromatic nitrogens is 4. The van der Waals surface area contributed by atoms with E-state index in [2.05, 4.69) is 10.2 Å². The normalized spacial score (nSPS) is 15.8. The van der Waals surface area contributed by atoms with Crippen LogP contribution < -0.4 is 9.64 Å². The zero-order valence-electron chi connectivity index (χ0n) is 25.8. The molecule has 1 aliphatic heterocycles. The zero-order chi connectivity index (χ0) is 33.4. The molecule has 4 heterocycles. The Labute approximate surface area is 289 Å². The summed E-state index contributed by atoms with van der Waals surface area (Å²) < 4.78 is 8.55. The van der Waals surface area contributed by atoms with Crippen LogP contribution in [0, 0.1) is 13.8 Å². The van der Waals surface area contributed by atoms with Crippen LogP contribution in [0.2, 0.25) is 5.02 Å². The molecule has 7 rings (SSSR count). The first-order chi connectivity index (χ1) is 23.3. The Hall–Kier alpha value is -4.97. The number of aliphatic hydroxyl groups is 1. The van der Waals surface area contributed by atoms with Gasteiger partial charge in [0.05, 0.1) is 17.3 Å². The molecule has 240 valence electrons. The Morgan fingerprint density at radius 1 is 0.979 bits per heavy atom. The number of carbonyl (C=O) groups excluding carboxylic acids is 2. The van der Waals surface area contributed by atoms with Gasteiger partial charge in [0, 0.05) is 17.0 Å². The number of anilines is 1. The summed E-state index contributed by atoms with van der Waals surface area (Å²) in [5, 5.41) is 21.4. The fourth-order valence-electron chi connectivity index (χ4n) is 5.65. The van der Waals surface area contributed by atoms with Gasteiger partial charge in [0.25, 0.3) is 5.78 Å². The number of nitrogens with zero attached hydrogens (tertiary/aromatic N) is 5. The van der Waals surface area contributed by atoms with Crippen molar-refractivity contribution in [3.8, 4) is 5.75 Å². The van der Waals surface area contributed by atoms with Crippen LogP contribution in [0.1, 0.15) is 39.7 Å². The van der Waals surface area contributed by atoms with E-state index < -0.39 is 17.7 Å². The van der Waals surface area contributed by atoms with Gasteiger partial charge >= 0.3 is 5.91 Å². The zero-order valence-corrected chi connectivity index (χ0v) is 28.2. The molecule has 1 fully saturated rings. The highest BCUT2D eigenvalue weighted by Crippen LogP contribution is 2.45. The first-order valence-corrected chi connectivity index (χ1v) is 17.2. The van der Waals surface area contributed by atoms with E-state index in [-0.39, 0.29) is 22.2 Å². The quantitative estimate of drug-likeness (QED) is 0.0534. The van der Waals surface area contributed by atoms with E-state index in [1.165, 1.54) is 28.0 Å². The van der Waals surface area contributed by atoms with Gasteiger partial charge in [0.15, 0.2) is 10.1 Å². The number of amides is 1. The summed E-state index contributed by atoms with van der Waals surface area (Å²) in [6.45, 7) is 4.06. The number of aryl methyl sites for hydroxylation is 2. The Balaban J connectivity index is 1.30. The van der Waals surface area contributed by atoms with Gasteiger partial charge in [0.1, 0.15) is 23.7 Å².